The van der Waals surface area contributed by atoms with Gasteiger partial charge in [0.1, 0.15) is 11.9 Å². The summed E-state index contributed by atoms with van der Waals surface area (Å²) in [5, 5.41) is 3.18. The SMILES string of the molecule is CNCCCC(C)[C@H](C)Oc1cc(/C(N)=C/C=NC[C@H]2CCOC2)nc(/C(N)=C2\CCC[C@@]3(CCCCC3=O)C2=O)n1. The maximum Gasteiger partial charge on any atom is 0.217 e. The van der Waals surface area contributed by atoms with Crippen molar-refractivity contribution in [2.45, 2.75) is 84.2 Å². The molecule has 1 spiro atoms. The topological polar surface area (TPSA) is 155 Å². The van der Waals surface area contributed by atoms with E-state index >= 15 is 0 Å². The van der Waals surface area contributed by atoms with Gasteiger partial charge in [0.05, 0.1) is 29.1 Å². The van der Waals surface area contributed by atoms with Crippen LogP contribution in [0.25, 0.3) is 11.4 Å². The number of aromatic nitrogens is 2. The van der Waals surface area contributed by atoms with Crippen molar-refractivity contribution in [3.05, 3.63) is 29.2 Å². The first-order valence-electron chi connectivity index (χ1n) is 15.6. The highest BCUT2D eigenvalue weighted by Crippen LogP contribution is 2.45. The van der Waals surface area contributed by atoms with Crippen molar-refractivity contribution in [3.8, 4) is 5.88 Å². The van der Waals surface area contributed by atoms with Crippen LogP contribution in [0.1, 0.15) is 89.6 Å². The number of hydrogen-bond donors (Lipinski definition) is 3. The van der Waals surface area contributed by atoms with Crippen LogP contribution in [0.3, 0.4) is 0 Å². The molecule has 0 aromatic carbocycles. The highest BCUT2D eigenvalue weighted by atomic mass is 16.5. The van der Waals surface area contributed by atoms with Gasteiger partial charge in [-0.3, -0.25) is 14.6 Å². The number of ketones is 2. The quantitative estimate of drug-likeness (QED) is 0.145. The molecule has 10 heteroatoms. The summed E-state index contributed by atoms with van der Waals surface area (Å²) >= 11 is 0. The molecule has 1 saturated heterocycles. The number of nitrogens with zero attached hydrogens (tertiary/aromatic N) is 3. The van der Waals surface area contributed by atoms with Crippen LogP contribution in [0, 0.1) is 17.3 Å². The second kappa shape index (κ2) is 14.9. The van der Waals surface area contributed by atoms with Gasteiger partial charge in [-0.15, -0.1) is 0 Å². The number of Topliss-reactive ketones (excluding diaryl/α,β-unsaturated/α-hetero) is 2. The number of hydrogen-bond acceptors (Lipinski definition) is 10. The van der Waals surface area contributed by atoms with Gasteiger partial charge in [0, 0.05) is 43.3 Å². The van der Waals surface area contributed by atoms with Crippen molar-refractivity contribution in [3.63, 3.8) is 0 Å². The van der Waals surface area contributed by atoms with Crippen molar-refractivity contribution in [1.29, 1.82) is 0 Å². The van der Waals surface area contributed by atoms with E-state index in [1.807, 2.05) is 14.0 Å². The second-order valence-electron chi connectivity index (χ2n) is 12.1. The Labute approximate surface area is 249 Å². The summed E-state index contributed by atoms with van der Waals surface area (Å²) in [7, 11) is 1.95. The second-order valence-corrected chi connectivity index (χ2v) is 12.1. The van der Waals surface area contributed by atoms with Crippen molar-refractivity contribution in [2.75, 3.05) is 33.4 Å². The molecule has 5 N–H and O–H groups in total. The van der Waals surface area contributed by atoms with Gasteiger partial charge in [0.25, 0.3) is 0 Å². The summed E-state index contributed by atoms with van der Waals surface area (Å²) in [5.41, 5.74) is 13.6. The number of nitrogens with one attached hydrogen (secondary N) is 1. The molecule has 0 bridgehead atoms. The summed E-state index contributed by atoms with van der Waals surface area (Å²) in [6.45, 7) is 7.31. The normalized spacial score (nSPS) is 26.2. The van der Waals surface area contributed by atoms with Crippen LogP contribution in [0.4, 0.5) is 0 Å². The van der Waals surface area contributed by atoms with E-state index in [4.69, 9.17) is 20.9 Å². The van der Waals surface area contributed by atoms with Gasteiger partial charge in [0.2, 0.25) is 5.88 Å². The highest BCUT2D eigenvalue weighted by Gasteiger charge is 2.49. The van der Waals surface area contributed by atoms with Crippen molar-refractivity contribution in [1.82, 2.24) is 15.3 Å². The molecular weight excluding hydrogens is 532 g/mol. The van der Waals surface area contributed by atoms with Gasteiger partial charge in [-0.1, -0.05) is 13.3 Å². The van der Waals surface area contributed by atoms with Crippen LogP contribution in [0.2, 0.25) is 0 Å². The van der Waals surface area contributed by atoms with E-state index in [9.17, 15) is 9.59 Å². The molecular formula is C32H48N6O4. The van der Waals surface area contributed by atoms with Gasteiger partial charge in [-0.25, -0.2) is 4.98 Å². The zero-order chi connectivity index (χ0) is 30.1. The standard InChI is InChI=1S/C32H48N6O4/c1-21(8-7-15-35-3)22(2)42-28-18-26(25(33)11-16-36-19-23-12-17-41-20-23)37-31(38-28)29(34)24-9-6-14-32(30(24)40)13-5-4-10-27(32)39/h11,16,18,21-23,35H,4-10,12-15,17,19-20,33-34H2,1-3H3/b25-11-,29-24-,36-16?/t21?,22-,23+,32+/m0/s1. The third-order valence-electron chi connectivity index (χ3n) is 9.04. The smallest absolute Gasteiger partial charge is 0.217 e. The number of carbonyl (C=O) groups excluding carboxylic acids is 2. The third kappa shape index (κ3) is 7.64. The molecule has 2 saturated carbocycles. The molecule has 4 atom stereocenters. The van der Waals surface area contributed by atoms with E-state index in [1.165, 1.54) is 0 Å². The highest BCUT2D eigenvalue weighted by molar-refractivity contribution is 6.17. The number of aliphatic imine (C=N–C) groups is 1. The predicted molar refractivity (Wildman–Crippen MR) is 165 cm³/mol. The lowest BCUT2D eigenvalue weighted by molar-refractivity contribution is -0.143. The summed E-state index contributed by atoms with van der Waals surface area (Å²) in [6.07, 6.45) is 10.9. The summed E-state index contributed by atoms with van der Waals surface area (Å²) in [4.78, 5) is 40.6. The summed E-state index contributed by atoms with van der Waals surface area (Å²) < 4.78 is 11.7. The molecule has 3 fully saturated rings. The zero-order valence-corrected chi connectivity index (χ0v) is 25.5. The Morgan fingerprint density at radius 1 is 1.21 bits per heavy atom. The fraction of sp³-hybridized carbons (Fsp3) is 0.656. The zero-order valence-electron chi connectivity index (χ0n) is 25.5. The molecule has 1 aromatic heterocycles. The Morgan fingerprint density at radius 2 is 2.02 bits per heavy atom. The average molecular weight is 581 g/mol. The van der Waals surface area contributed by atoms with E-state index in [0.717, 1.165) is 58.3 Å². The predicted octanol–water partition coefficient (Wildman–Crippen LogP) is 3.84. The number of allylic oxidation sites excluding steroid dienone is 2. The molecule has 2 aliphatic carbocycles. The Bertz CT molecular complexity index is 1200. The maximum absolute atomic E-state index is 13.8. The first-order chi connectivity index (χ1) is 20.2. The van der Waals surface area contributed by atoms with Gasteiger partial charge >= 0.3 is 0 Å². The van der Waals surface area contributed by atoms with Crippen LogP contribution in [0.15, 0.2) is 22.7 Å². The van der Waals surface area contributed by atoms with Gasteiger partial charge < -0.3 is 26.3 Å². The third-order valence-corrected chi connectivity index (χ3v) is 9.04. The average Bonchev–Trinajstić information content (AvgIpc) is 3.51. The lowest BCUT2D eigenvalue weighted by Crippen LogP contribution is -2.45. The minimum atomic E-state index is -0.954. The fourth-order valence-corrected chi connectivity index (χ4v) is 6.12. The molecule has 3 aliphatic rings. The van der Waals surface area contributed by atoms with Crippen LogP contribution in [0.5, 0.6) is 5.88 Å². The number of ether oxygens (including phenoxy) is 2. The van der Waals surface area contributed by atoms with Crippen LogP contribution in [-0.2, 0) is 14.3 Å². The van der Waals surface area contributed by atoms with E-state index in [0.29, 0.717) is 61.0 Å². The Kier molecular flexibility index (Phi) is 11.3. The van der Waals surface area contributed by atoms with E-state index < -0.39 is 5.41 Å². The first kappa shape index (κ1) is 31.8. The molecule has 1 aromatic rings. The van der Waals surface area contributed by atoms with Gasteiger partial charge in [0.15, 0.2) is 11.6 Å². The number of nitrogens with two attached hydrogens (primary N) is 2. The number of rotatable bonds is 12. The van der Waals surface area contributed by atoms with E-state index in [1.54, 1.807) is 18.4 Å². The summed E-state index contributed by atoms with van der Waals surface area (Å²) in [6, 6.07) is 1.71. The molecule has 10 nitrogen and oxygen atoms in total. The summed E-state index contributed by atoms with van der Waals surface area (Å²) in [5.74, 6) is 1.13. The van der Waals surface area contributed by atoms with E-state index in [-0.39, 0.29) is 35.1 Å². The molecule has 0 amide bonds. The van der Waals surface area contributed by atoms with Crippen molar-refractivity contribution in [2.24, 2.45) is 33.7 Å². The molecule has 2 heterocycles. The number of carbonyl (C=O) groups is 2. The van der Waals surface area contributed by atoms with E-state index in [2.05, 4.69) is 27.2 Å². The van der Waals surface area contributed by atoms with Crippen LogP contribution >= 0.6 is 0 Å². The minimum Gasteiger partial charge on any atom is -0.474 e. The molecule has 1 unspecified atom stereocenters. The molecule has 42 heavy (non-hydrogen) atoms. The van der Waals surface area contributed by atoms with Crippen molar-refractivity contribution >= 4 is 29.2 Å². The fourth-order valence-electron chi connectivity index (χ4n) is 6.12. The monoisotopic (exact) mass is 580 g/mol. The largest absolute Gasteiger partial charge is 0.474 e. The maximum atomic E-state index is 13.8. The van der Waals surface area contributed by atoms with Gasteiger partial charge in [-0.05, 0) is 83.9 Å². The van der Waals surface area contributed by atoms with Crippen LogP contribution in [-0.4, -0.2) is 67.2 Å². The minimum absolute atomic E-state index is 0.0409. The Balaban J connectivity index is 1.64. The Hall–Kier alpha value is -3.11. The van der Waals surface area contributed by atoms with Gasteiger partial charge in [-0.2, -0.15) is 4.98 Å². The Morgan fingerprint density at radius 3 is 2.76 bits per heavy atom. The lowest BCUT2D eigenvalue weighted by Gasteiger charge is -2.38. The first-order valence-corrected chi connectivity index (χ1v) is 15.6. The molecule has 4 rings (SSSR count). The van der Waals surface area contributed by atoms with Crippen LogP contribution < -0.4 is 21.5 Å². The molecule has 1 aliphatic heterocycles. The lowest BCUT2D eigenvalue weighted by atomic mass is 9.62. The molecule has 230 valence electrons. The molecule has 0 radical (unpaired) electrons. The van der Waals surface area contributed by atoms with Crippen molar-refractivity contribution < 1.29 is 19.1 Å².